The highest BCUT2D eigenvalue weighted by Crippen LogP contribution is 2.23. The number of nitrogens with two attached hydrogens (primary N) is 1. The second-order valence-corrected chi connectivity index (χ2v) is 5.06. The minimum absolute atomic E-state index is 0.191. The second-order valence-electron chi connectivity index (χ2n) is 5.06. The van der Waals surface area contributed by atoms with Gasteiger partial charge in [0.05, 0.1) is 12.2 Å². The molecule has 4 nitrogen and oxygen atoms in total. The van der Waals surface area contributed by atoms with Crippen molar-refractivity contribution in [1.29, 1.82) is 5.26 Å². The lowest BCUT2D eigenvalue weighted by molar-refractivity contribution is 0.664. The summed E-state index contributed by atoms with van der Waals surface area (Å²) in [6, 6.07) is 10.4. The van der Waals surface area contributed by atoms with Crippen LogP contribution in [0.4, 0.5) is 5.82 Å². The minimum atomic E-state index is 0.191. The molecule has 1 aromatic carbocycles. The molecule has 0 saturated carbocycles. The maximum Gasteiger partial charge on any atom is 0.140 e. The van der Waals surface area contributed by atoms with Gasteiger partial charge in [-0.3, -0.25) is 0 Å². The van der Waals surface area contributed by atoms with Gasteiger partial charge in [0, 0.05) is 0 Å². The van der Waals surface area contributed by atoms with Gasteiger partial charge in [-0.2, -0.15) is 10.4 Å². The van der Waals surface area contributed by atoms with Crippen LogP contribution in [0.3, 0.4) is 0 Å². The quantitative estimate of drug-likeness (QED) is 0.915. The summed E-state index contributed by atoms with van der Waals surface area (Å²) >= 11 is 0. The Morgan fingerprint density at radius 2 is 1.95 bits per heavy atom. The van der Waals surface area contributed by atoms with E-state index in [1.807, 2.05) is 13.8 Å². The van der Waals surface area contributed by atoms with Crippen molar-refractivity contribution >= 4 is 5.82 Å². The van der Waals surface area contributed by atoms with Crippen molar-refractivity contribution in [3.8, 4) is 6.07 Å². The molecule has 0 aliphatic rings. The van der Waals surface area contributed by atoms with Crippen LogP contribution < -0.4 is 5.73 Å². The zero-order valence-corrected chi connectivity index (χ0v) is 11.5. The number of aromatic nitrogens is 2. The fourth-order valence-electron chi connectivity index (χ4n) is 2.00. The van der Waals surface area contributed by atoms with Crippen LogP contribution >= 0.6 is 0 Å². The van der Waals surface area contributed by atoms with E-state index in [1.54, 1.807) is 4.68 Å². The molecular formula is C15H18N4. The van der Waals surface area contributed by atoms with Crippen molar-refractivity contribution in [2.24, 2.45) is 0 Å². The average molecular weight is 254 g/mol. The largest absolute Gasteiger partial charge is 0.383 e. The summed E-state index contributed by atoms with van der Waals surface area (Å²) in [5.41, 5.74) is 9.63. The number of nitriles is 1. The number of anilines is 1. The maximum absolute atomic E-state index is 9.18. The highest BCUT2D eigenvalue weighted by atomic mass is 15.3. The Bertz CT molecular complexity index is 615. The SMILES string of the molecule is Cc1ccc(Cn2nc(C(C)C)c(C#N)c2N)cc1. The van der Waals surface area contributed by atoms with E-state index in [0.29, 0.717) is 17.9 Å². The van der Waals surface area contributed by atoms with Crippen LogP contribution in [0.5, 0.6) is 0 Å². The molecular weight excluding hydrogens is 236 g/mol. The fourth-order valence-corrected chi connectivity index (χ4v) is 2.00. The molecule has 0 aliphatic carbocycles. The molecule has 0 atom stereocenters. The second kappa shape index (κ2) is 5.15. The van der Waals surface area contributed by atoms with Gasteiger partial charge in [-0.25, -0.2) is 4.68 Å². The number of nitrogens with zero attached hydrogens (tertiary/aromatic N) is 3. The van der Waals surface area contributed by atoms with E-state index in [-0.39, 0.29) is 5.92 Å². The Labute approximate surface area is 113 Å². The molecule has 0 amide bonds. The summed E-state index contributed by atoms with van der Waals surface area (Å²) in [4.78, 5) is 0. The molecule has 0 saturated heterocycles. The summed E-state index contributed by atoms with van der Waals surface area (Å²) in [7, 11) is 0. The van der Waals surface area contributed by atoms with E-state index in [0.717, 1.165) is 11.3 Å². The van der Waals surface area contributed by atoms with Crippen molar-refractivity contribution in [1.82, 2.24) is 9.78 Å². The van der Waals surface area contributed by atoms with Crippen molar-refractivity contribution in [3.63, 3.8) is 0 Å². The summed E-state index contributed by atoms with van der Waals surface area (Å²) in [6.45, 7) is 6.67. The molecule has 0 aliphatic heterocycles. The van der Waals surface area contributed by atoms with Crippen LogP contribution in [0, 0.1) is 18.3 Å². The van der Waals surface area contributed by atoms with Crippen molar-refractivity contribution in [3.05, 3.63) is 46.6 Å². The minimum Gasteiger partial charge on any atom is -0.383 e. The highest BCUT2D eigenvalue weighted by Gasteiger charge is 2.17. The van der Waals surface area contributed by atoms with Gasteiger partial charge in [0.1, 0.15) is 17.5 Å². The third-order valence-electron chi connectivity index (χ3n) is 3.13. The zero-order valence-electron chi connectivity index (χ0n) is 11.5. The van der Waals surface area contributed by atoms with E-state index in [9.17, 15) is 5.26 Å². The predicted molar refractivity (Wildman–Crippen MR) is 75.7 cm³/mol. The van der Waals surface area contributed by atoms with Crippen LogP contribution in [0.15, 0.2) is 24.3 Å². The van der Waals surface area contributed by atoms with Gasteiger partial charge in [0.25, 0.3) is 0 Å². The third-order valence-corrected chi connectivity index (χ3v) is 3.13. The number of aryl methyl sites for hydroxylation is 1. The first-order valence-corrected chi connectivity index (χ1v) is 6.34. The van der Waals surface area contributed by atoms with Gasteiger partial charge in [0.15, 0.2) is 0 Å². The predicted octanol–water partition coefficient (Wildman–Crippen LogP) is 2.82. The Morgan fingerprint density at radius 1 is 1.32 bits per heavy atom. The molecule has 1 aromatic heterocycles. The molecule has 98 valence electrons. The normalized spacial score (nSPS) is 10.7. The number of hydrogen-bond acceptors (Lipinski definition) is 3. The van der Waals surface area contributed by atoms with Crippen LogP contribution in [0.2, 0.25) is 0 Å². The highest BCUT2D eigenvalue weighted by molar-refractivity contribution is 5.53. The van der Waals surface area contributed by atoms with Gasteiger partial charge in [-0.15, -0.1) is 0 Å². The summed E-state index contributed by atoms with van der Waals surface area (Å²) in [5.74, 6) is 0.642. The van der Waals surface area contributed by atoms with Crippen molar-refractivity contribution in [2.45, 2.75) is 33.2 Å². The summed E-state index contributed by atoms with van der Waals surface area (Å²) in [6.07, 6.45) is 0. The first kappa shape index (κ1) is 13.2. The van der Waals surface area contributed by atoms with Gasteiger partial charge < -0.3 is 5.73 Å². The van der Waals surface area contributed by atoms with E-state index in [1.165, 1.54) is 5.56 Å². The van der Waals surface area contributed by atoms with Gasteiger partial charge in [-0.1, -0.05) is 43.7 Å². The third kappa shape index (κ3) is 2.60. The molecule has 0 fully saturated rings. The van der Waals surface area contributed by atoms with Gasteiger partial charge in [-0.05, 0) is 18.4 Å². The van der Waals surface area contributed by atoms with Crippen LogP contribution in [0.25, 0.3) is 0 Å². The first-order chi connectivity index (χ1) is 9.02. The standard InChI is InChI=1S/C15H18N4/c1-10(2)14-13(8-16)15(17)19(18-14)9-12-6-4-11(3)5-7-12/h4-7,10H,9,17H2,1-3H3. The van der Waals surface area contributed by atoms with Crippen LogP contribution in [-0.2, 0) is 6.54 Å². The van der Waals surface area contributed by atoms with Crippen molar-refractivity contribution in [2.75, 3.05) is 5.73 Å². The van der Waals surface area contributed by atoms with Gasteiger partial charge >= 0.3 is 0 Å². The van der Waals surface area contributed by atoms with E-state index < -0.39 is 0 Å². The topological polar surface area (TPSA) is 67.6 Å². The van der Waals surface area contributed by atoms with Crippen LogP contribution in [-0.4, -0.2) is 9.78 Å². The Kier molecular flexibility index (Phi) is 3.57. The van der Waals surface area contributed by atoms with Crippen molar-refractivity contribution < 1.29 is 0 Å². The molecule has 4 heteroatoms. The average Bonchev–Trinajstić information content (AvgIpc) is 2.69. The molecule has 0 bridgehead atoms. The van der Waals surface area contributed by atoms with Gasteiger partial charge in [0.2, 0.25) is 0 Å². The summed E-state index contributed by atoms with van der Waals surface area (Å²) in [5, 5.41) is 13.6. The monoisotopic (exact) mass is 254 g/mol. The maximum atomic E-state index is 9.18. The van der Waals surface area contributed by atoms with E-state index in [4.69, 9.17) is 5.73 Å². The lowest BCUT2D eigenvalue weighted by atomic mass is 10.1. The number of nitrogen functional groups attached to an aromatic ring is 1. The Morgan fingerprint density at radius 3 is 2.42 bits per heavy atom. The fraction of sp³-hybridized carbons (Fsp3) is 0.333. The van der Waals surface area contributed by atoms with Crippen LogP contribution in [0.1, 0.15) is 42.1 Å². The molecule has 0 radical (unpaired) electrons. The van der Waals surface area contributed by atoms with E-state index >= 15 is 0 Å². The lowest BCUT2D eigenvalue weighted by Gasteiger charge is -2.04. The molecule has 1 heterocycles. The lowest BCUT2D eigenvalue weighted by Crippen LogP contribution is -2.06. The molecule has 2 rings (SSSR count). The Hall–Kier alpha value is -2.28. The molecule has 0 unspecified atom stereocenters. The number of hydrogen-bond donors (Lipinski definition) is 1. The summed E-state index contributed by atoms with van der Waals surface area (Å²) < 4.78 is 1.71. The number of rotatable bonds is 3. The Balaban J connectivity index is 2.36. The number of benzene rings is 1. The molecule has 19 heavy (non-hydrogen) atoms. The molecule has 2 aromatic rings. The zero-order chi connectivity index (χ0) is 14.0. The first-order valence-electron chi connectivity index (χ1n) is 6.34. The smallest absolute Gasteiger partial charge is 0.140 e. The van der Waals surface area contributed by atoms with E-state index in [2.05, 4.69) is 42.4 Å². The molecule has 2 N–H and O–H groups in total. The molecule has 0 spiro atoms.